The molecule has 2 heterocycles. The summed E-state index contributed by atoms with van der Waals surface area (Å²) < 4.78 is 7.40. The van der Waals surface area contributed by atoms with Gasteiger partial charge in [-0.1, -0.05) is 19.1 Å². The van der Waals surface area contributed by atoms with E-state index in [0.717, 1.165) is 36.8 Å². The Morgan fingerprint density at radius 3 is 2.73 bits per heavy atom. The maximum atomic E-state index is 12.1. The lowest BCUT2D eigenvalue weighted by molar-refractivity contribution is -0.127. The first-order valence-electron chi connectivity index (χ1n) is 10.3. The van der Waals surface area contributed by atoms with Crippen LogP contribution >= 0.6 is 0 Å². The quantitative estimate of drug-likeness (QED) is 0.580. The maximum Gasteiger partial charge on any atom is 0.241 e. The third-order valence-corrected chi connectivity index (χ3v) is 5.59. The fourth-order valence-corrected chi connectivity index (χ4v) is 3.57. The van der Waals surface area contributed by atoms with Crippen molar-refractivity contribution in [1.82, 2.24) is 24.7 Å². The number of amides is 1. The number of nitrogens with one attached hydrogen (secondary N) is 1. The molecule has 0 saturated carbocycles. The molecule has 1 amide bonds. The Hall–Kier alpha value is -3.03. The van der Waals surface area contributed by atoms with Crippen LogP contribution in [0.5, 0.6) is 5.75 Å². The van der Waals surface area contributed by atoms with Gasteiger partial charge in [-0.05, 0) is 30.0 Å². The molecule has 30 heavy (non-hydrogen) atoms. The van der Waals surface area contributed by atoms with Gasteiger partial charge in [-0.2, -0.15) is 0 Å². The van der Waals surface area contributed by atoms with Crippen molar-refractivity contribution in [2.24, 2.45) is 10.9 Å². The van der Waals surface area contributed by atoms with Crippen LogP contribution in [0.2, 0.25) is 0 Å². The number of hydrogen-bond donors (Lipinski definition) is 1. The lowest BCUT2D eigenvalue weighted by Crippen LogP contribution is -2.50. The molecule has 1 aliphatic heterocycles. The number of aromatic nitrogens is 2. The predicted octanol–water partition coefficient (Wildman–Crippen LogP) is 2.01. The van der Waals surface area contributed by atoms with E-state index in [1.807, 2.05) is 43.0 Å². The Bertz CT molecular complexity index is 832. The highest BCUT2D eigenvalue weighted by atomic mass is 16.5. The van der Waals surface area contributed by atoms with Gasteiger partial charge in [0.25, 0.3) is 0 Å². The van der Waals surface area contributed by atoms with Crippen LogP contribution in [0, 0.1) is 5.92 Å². The highest BCUT2D eigenvalue weighted by Crippen LogP contribution is 2.27. The van der Waals surface area contributed by atoms with Crippen molar-refractivity contribution in [3.05, 3.63) is 48.5 Å². The number of guanidine groups is 1. The van der Waals surface area contributed by atoms with Crippen molar-refractivity contribution < 1.29 is 9.53 Å². The fraction of sp³-hybridized carbons (Fsp3) is 0.500. The first-order chi connectivity index (χ1) is 14.5. The topological polar surface area (TPSA) is 75.0 Å². The Balaban J connectivity index is 1.76. The number of nitrogens with zero attached hydrogens (tertiary/aromatic N) is 5. The summed E-state index contributed by atoms with van der Waals surface area (Å²) >= 11 is 0. The molecule has 1 aliphatic rings. The van der Waals surface area contributed by atoms with E-state index in [9.17, 15) is 4.79 Å². The molecular weight excluding hydrogens is 380 g/mol. The third-order valence-electron chi connectivity index (χ3n) is 5.59. The number of rotatable bonds is 6. The van der Waals surface area contributed by atoms with Crippen molar-refractivity contribution >= 4 is 11.9 Å². The molecule has 0 aliphatic carbocycles. The Morgan fingerprint density at radius 2 is 2.10 bits per heavy atom. The van der Waals surface area contributed by atoms with Gasteiger partial charge in [-0.15, -0.1) is 0 Å². The Kier molecular flexibility index (Phi) is 7.32. The lowest BCUT2D eigenvalue weighted by atomic mass is 9.93. The summed E-state index contributed by atoms with van der Waals surface area (Å²) in [7, 11) is 5.18. The van der Waals surface area contributed by atoms with E-state index in [1.165, 1.54) is 0 Å². The van der Waals surface area contributed by atoms with Crippen molar-refractivity contribution in [3.63, 3.8) is 0 Å². The summed E-state index contributed by atoms with van der Waals surface area (Å²) in [5.74, 6) is 2.15. The second kappa shape index (κ2) is 10.1. The number of methoxy groups -OCH3 is 1. The van der Waals surface area contributed by atoms with Gasteiger partial charge in [0.15, 0.2) is 5.96 Å². The summed E-state index contributed by atoms with van der Waals surface area (Å²) in [6.07, 6.45) is 6.76. The number of carbonyl (C=O) groups excluding carboxylic acids is 1. The van der Waals surface area contributed by atoms with Crippen LogP contribution in [0.4, 0.5) is 0 Å². The highest BCUT2D eigenvalue weighted by molar-refractivity contribution is 5.86. The monoisotopic (exact) mass is 412 g/mol. The lowest BCUT2D eigenvalue weighted by Gasteiger charge is -2.39. The SMILES string of the molecule is COc1ccc(CN=C(NCC(=O)N(C)C)N2CCC(C)C(n3ccnc3)C2)cc1. The molecule has 0 spiro atoms. The highest BCUT2D eigenvalue weighted by Gasteiger charge is 2.29. The van der Waals surface area contributed by atoms with Crippen LogP contribution in [0.1, 0.15) is 24.9 Å². The van der Waals surface area contributed by atoms with Gasteiger partial charge in [-0.25, -0.2) is 9.98 Å². The van der Waals surface area contributed by atoms with E-state index in [-0.39, 0.29) is 12.5 Å². The zero-order chi connectivity index (χ0) is 21.5. The Morgan fingerprint density at radius 1 is 1.33 bits per heavy atom. The van der Waals surface area contributed by atoms with Gasteiger partial charge in [0.1, 0.15) is 5.75 Å². The molecule has 1 N–H and O–H groups in total. The molecule has 1 aromatic carbocycles. The smallest absolute Gasteiger partial charge is 0.241 e. The third kappa shape index (κ3) is 5.52. The second-order valence-electron chi connectivity index (χ2n) is 7.92. The van der Waals surface area contributed by atoms with Gasteiger partial charge < -0.3 is 24.4 Å². The van der Waals surface area contributed by atoms with Crippen LogP contribution in [0.15, 0.2) is 48.0 Å². The van der Waals surface area contributed by atoms with Crippen LogP contribution < -0.4 is 10.1 Å². The van der Waals surface area contributed by atoms with E-state index < -0.39 is 0 Å². The molecule has 1 aromatic heterocycles. The Labute approximate surface area is 178 Å². The molecule has 2 unspecified atom stereocenters. The normalized spacial score (nSPS) is 19.5. The van der Waals surface area contributed by atoms with Gasteiger partial charge in [0, 0.05) is 39.6 Å². The minimum atomic E-state index is 0.0173. The first-order valence-corrected chi connectivity index (χ1v) is 10.3. The fourth-order valence-electron chi connectivity index (χ4n) is 3.57. The molecular formula is C22H32N6O2. The van der Waals surface area contributed by atoms with Crippen LogP contribution in [0.25, 0.3) is 0 Å². The van der Waals surface area contributed by atoms with Crippen LogP contribution in [0.3, 0.4) is 0 Å². The molecule has 3 rings (SSSR count). The molecule has 1 saturated heterocycles. The minimum absolute atomic E-state index is 0.0173. The summed E-state index contributed by atoms with van der Waals surface area (Å²) in [6, 6.07) is 8.21. The molecule has 2 aromatic rings. The molecule has 8 heteroatoms. The average Bonchev–Trinajstić information content (AvgIpc) is 3.29. The number of likely N-dealkylation sites (N-methyl/N-ethyl adjacent to an activating group) is 1. The van der Waals surface area contributed by atoms with Crippen LogP contribution in [-0.4, -0.2) is 72.1 Å². The number of aliphatic imine (C=N–C) groups is 1. The summed E-state index contributed by atoms with van der Waals surface area (Å²) in [4.78, 5) is 25.0. The van der Waals surface area contributed by atoms with Crippen molar-refractivity contribution in [1.29, 1.82) is 0 Å². The molecule has 0 bridgehead atoms. The van der Waals surface area contributed by atoms with E-state index in [1.54, 1.807) is 26.1 Å². The molecule has 1 fully saturated rings. The number of benzene rings is 1. The zero-order valence-corrected chi connectivity index (χ0v) is 18.3. The second-order valence-corrected chi connectivity index (χ2v) is 7.92. The minimum Gasteiger partial charge on any atom is -0.497 e. The number of piperidine rings is 1. The first kappa shape index (κ1) is 21.7. The van der Waals surface area contributed by atoms with Gasteiger partial charge in [-0.3, -0.25) is 4.79 Å². The van der Waals surface area contributed by atoms with Crippen molar-refractivity contribution in [3.8, 4) is 5.75 Å². The van der Waals surface area contributed by atoms with Crippen LogP contribution in [-0.2, 0) is 11.3 Å². The molecule has 162 valence electrons. The van der Waals surface area contributed by atoms with Gasteiger partial charge in [0.05, 0.1) is 32.6 Å². The number of ether oxygens (including phenoxy) is 1. The van der Waals surface area contributed by atoms with E-state index >= 15 is 0 Å². The standard InChI is InChI=1S/C22H32N6O2/c1-17-9-11-27(15-20(17)28-12-10-23-16-28)22(25-14-21(29)26(2)3)24-13-18-5-7-19(30-4)8-6-18/h5-8,10,12,16-17,20H,9,11,13-15H2,1-4H3,(H,24,25). The summed E-state index contributed by atoms with van der Waals surface area (Å²) in [5, 5.41) is 3.28. The number of carbonyl (C=O) groups is 1. The molecule has 2 atom stereocenters. The summed E-state index contributed by atoms with van der Waals surface area (Å²) in [6.45, 7) is 4.75. The van der Waals surface area contributed by atoms with Crippen molar-refractivity contribution in [2.75, 3.05) is 40.8 Å². The summed E-state index contributed by atoms with van der Waals surface area (Å²) in [5.41, 5.74) is 1.09. The average molecular weight is 413 g/mol. The van der Waals surface area contributed by atoms with E-state index in [4.69, 9.17) is 9.73 Å². The number of likely N-dealkylation sites (tertiary alicyclic amines) is 1. The zero-order valence-electron chi connectivity index (χ0n) is 18.3. The number of hydrogen-bond acceptors (Lipinski definition) is 4. The molecule has 8 nitrogen and oxygen atoms in total. The van der Waals surface area contributed by atoms with Gasteiger partial charge in [0.2, 0.25) is 5.91 Å². The van der Waals surface area contributed by atoms with E-state index in [0.29, 0.717) is 18.5 Å². The molecule has 0 radical (unpaired) electrons. The predicted molar refractivity (Wildman–Crippen MR) is 117 cm³/mol. The largest absolute Gasteiger partial charge is 0.497 e. The number of imidazole rings is 1. The van der Waals surface area contributed by atoms with Gasteiger partial charge >= 0.3 is 0 Å². The maximum absolute atomic E-state index is 12.1. The van der Waals surface area contributed by atoms with E-state index in [2.05, 4.69) is 26.7 Å². The van der Waals surface area contributed by atoms with Crippen molar-refractivity contribution in [2.45, 2.75) is 25.9 Å².